The summed E-state index contributed by atoms with van der Waals surface area (Å²) in [6.45, 7) is 3.51. The average Bonchev–Trinajstić information content (AvgIpc) is 3.09. The Morgan fingerprint density at radius 2 is 1.84 bits per heavy atom. The van der Waals surface area contributed by atoms with Gasteiger partial charge in [0.15, 0.2) is 14.6 Å². The summed E-state index contributed by atoms with van der Waals surface area (Å²) in [6.07, 6.45) is 1.38. The molecule has 1 amide bonds. The van der Waals surface area contributed by atoms with Crippen molar-refractivity contribution in [2.24, 2.45) is 4.99 Å². The van der Waals surface area contributed by atoms with Gasteiger partial charge in [-0.15, -0.1) is 0 Å². The molecular formula is C24H24N2O4S2. The van der Waals surface area contributed by atoms with E-state index >= 15 is 0 Å². The summed E-state index contributed by atoms with van der Waals surface area (Å²) in [6, 6.07) is 19.0. The highest BCUT2D eigenvalue weighted by atomic mass is 32.2. The number of carbonyl (C=O) groups excluding carboxylic acids is 1. The zero-order valence-corrected chi connectivity index (χ0v) is 19.6. The van der Waals surface area contributed by atoms with Crippen molar-refractivity contribution >= 4 is 48.1 Å². The molecule has 3 aromatic carbocycles. The van der Waals surface area contributed by atoms with E-state index in [1.165, 1.54) is 17.6 Å². The van der Waals surface area contributed by atoms with Crippen molar-refractivity contribution in [2.45, 2.75) is 24.8 Å². The van der Waals surface area contributed by atoms with E-state index in [2.05, 4.69) is 4.99 Å². The van der Waals surface area contributed by atoms with Gasteiger partial charge in [-0.2, -0.15) is 4.99 Å². The lowest BCUT2D eigenvalue weighted by Gasteiger charge is -2.06. The number of nitrogens with zero attached hydrogens (tertiary/aromatic N) is 2. The predicted octanol–water partition coefficient (Wildman–Crippen LogP) is 3.97. The molecule has 0 aliphatic heterocycles. The second-order valence-corrected chi connectivity index (χ2v) is 10.5. The van der Waals surface area contributed by atoms with Crippen molar-refractivity contribution < 1.29 is 17.9 Å². The molecular weight excluding hydrogens is 444 g/mol. The number of amides is 1. The van der Waals surface area contributed by atoms with Crippen LogP contribution in [-0.2, 0) is 32.3 Å². The van der Waals surface area contributed by atoms with Gasteiger partial charge in [-0.1, -0.05) is 53.8 Å². The first-order valence-corrected chi connectivity index (χ1v) is 13.0. The summed E-state index contributed by atoms with van der Waals surface area (Å²) in [5, 5.41) is 2.21. The van der Waals surface area contributed by atoms with Gasteiger partial charge < -0.3 is 9.30 Å². The first kappa shape index (κ1) is 22.4. The first-order chi connectivity index (χ1) is 15.3. The lowest BCUT2D eigenvalue weighted by Crippen LogP contribution is -2.20. The molecule has 0 fully saturated rings. The van der Waals surface area contributed by atoms with E-state index in [-0.39, 0.29) is 17.2 Å². The molecule has 0 atom stereocenters. The van der Waals surface area contributed by atoms with Crippen LogP contribution in [0.5, 0.6) is 0 Å². The van der Waals surface area contributed by atoms with Crippen LogP contribution in [0.15, 0.2) is 70.6 Å². The molecule has 0 radical (unpaired) electrons. The Kier molecular flexibility index (Phi) is 6.55. The number of ether oxygens (including phenoxy) is 1. The Hall–Kier alpha value is -2.81. The molecule has 0 saturated heterocycles. The van der Waals surface area contributed by atoms with Crippen LogP contribution < -0.4 is 4.80 Å². The van der Waals surface area contributed by atoms with Crippen LogP contribution in [-0.4, -0.2) is 38.4 Å². The van der Waals surface area contributed by atoms with E-state index in [0.717, 1.165) is 26.6 Å². The van der Waals surface area contributed by atoms with Gasteiger partial charge >= 0.3 is 0 Å². The molecule has 0 saturated carbocycles. The number of carbonyl (C=O) groups is 1. The summed E-state index contributed by atoms with van der Waals surface area (Å²) in [4.78, 5) is 18.0. The standard InChI is InChI=1S/C24H24N2O4S2/c1-3-30-13-12-26-21-11-10-20(32(2,28)29)16-22(21)31-24(26)25-23(27)15-17-8-9-18-6-4-5-7-19(18)14-17/h4-11,14,16H,3,12-13,15H2,1-2H3. The number of aromatic nitrogens is 1. The molecule has 0 aliphatic carbocycles. The minimum absolute atomic E-state index is 0.194. The highest BCUT2D eigenvalue weighted by Crippen LogP contribution is 2.22. The van der Waals surface area contributed by atoms with Crippen LogP contribution in [0, 0.1) is 0 Å². The van der Waals surface area contributed by atoms with Crippen LogP contribution >= 0.6 is 11.3 Å². The first-order valence-electron chi connectivity index (χ1n) is 10.3. The highest BCUT2D eigenvalue weighted by Gasteiger charge is 2.13. The minimum Gasteiger partial charge on any atom is -0.380 e. The largest absolute Gasteiger partial charge is 0.380 e. The second kappa shape index (κ2) is 9.36. The normalized spacial score (nSPS) is 12.6. The zero-order valence-electron chi connectivity index (χ0n) is 17.9. The topological polar surface area (TPSA) is 77.7 Å². The van der Waals surface area contributed by atoms with Crippen LogP contribution in [0.4, 0.5) is 0 Å². The van der Waals surface area contributed by atoms with Crippen molar-refractivity contribution in [3.8, 4) is 0 Å². The van der Waals surface area contributed by atoms with E-state index in [4.69, 9.17) is 4.74 Å². The van der Waals surface area contributed by atoms with Crippen molar-refractivity contribution in [3.63, 3.8) is 0 Å². The Bertz CT molecular complexity index is 1470. The second-order valence-electron chi connectivity index (χ2n) is 7.50. The number of thiazole rings is 1. The van der Waals surface area contributed by atoms with Crippen molar-refractivity contribution in [2.75, 3.05) is 19.5 Å². The van der Waals surface area contributed by atoms with Gasteiger partial charge in [0.2, 0.25) is 0 Å². The van der Waals surface area contributed by atoms with Gasteiger partial charge in [-0.3, -0.25) is 4.79 Å². The SMILES string of the molecule is CCOCCn1c(=NC(=O)Cc2ccc3ccccc3c2)sc2cc(S(C)(=O)=O)ccc21. The maximum atomic E-state index is 12.8. The Labute approximate surface area is 190 Å². The van der Waals surface area contributed by atoms with Gasteiger partial charge in [-0.25, -0.2) is 8.42 Å². The molecule has 166 valence electrons. The van der Waals surface area contributed by atoms with Gasteiger partial charge in [0.1, 0.15) is 0 Å². The van der Waals surface area contributed by atoms with E-state index in [1.54, 1.807) is 18.2 Å². The molecule has 6 nitrogen and oxygen atoms in total. The summed E-state index contributed by atoms with van der Waals surface area (Å²) in [5.74, 6) is -0.250. The third kappa shape index (κ3) is 4.98. The van der Waals surface area contributed by atoms with E-state index in [9.17, 15) is 13.2 Å². The van der Waals surface area contributed by atoms with Crippen molar-refractivity contribution in [1.29, 1.82) is 0 Å². The molecule has 1 aromatic heterocycles. The molecule has 0 N–H and O–H groups in total. The number of hydrogen-bond acceptors (Lipinski definition) is 5. The number of fused-ring (bicyclic) bond motifs is 2. The van der Waals surface area contributed by atoms with E-state index in [1.807, 2.05) is 54.0 Å². The monoisotopic (exact) mass is 468 g/mol. The summed E-state index contributed by atoms with van der Waals surface area (Å²) in [5.41, 5.74) is 1.73. The van der Waals surface area contributed by atoms with Crippen LogP contribution in [0.3, 0.4) is 0 Å². The zero-order chi connectivity index (χ0) is 22.7. The molecule has 32 heavy (non-hydrogen) atoms. The lowest BCUT2D eigenvalue weighted by molar-refractivity contribution is -0.117. The minimum atomic E-state index is -3.33. The third-order valence-electron chi connectivity index (χ3n) is 5.14. The fraction of sp³-hybridized carbons (Fsp3) is 0.250. The molecule has 0 spiro atoms. The van der Waals surface area contributed by atoms with Gasteiger partial charge in [0, 0.05) is 19.4 Å². The molecule has 1 heterocycles. The Morgan fingerprint density at radius 1 is 1.06 bits per heavy atom. The molecule has 4 rings (SSSR count). The summed E-state index contributed by atoms with van der Waals surface area (Å²) >= 11 is 1.31. The predicted molar refractivity (Wildman–Crippen MR) is 128 cm³/mol. The molecule has 4 aromatic rings. The number of benzene rings is 3. The molecule has 0 aliphatic rings. The highest BCUT2D eigenvalue weighted by molar-refractivity contribution is 7.90. The molecule has 8 heteroatoms. The van der Waals surface area contributed by atoms with Gasteiger partial charge in [-0.05, 0) is 41.5 Å². The molecule has 0 unspecified atom stereocenters. The maximum Gasteiger partial charge on any atom is 0.252 e. The summed E-state index contributed by atoms with van der Waals surface area (Å²) in [7, 11) is -3.33. The van der Waals surface area contributed by atoms with Crippen molar-refractivity contribution in [3.05, 3.63) is 71.0 Å². The number of rotatable bonds is 7. The molecule has 0 bridgehead atoms. The van der Waals surface area contributed by atoms with E-state index in [0.29, 0.717) is 24.6 Å². The van der Waals surface area contributed by atoms with Crippen LogP contribution in [0.25, 0.3) is 21.0 Å². The quantitative estimate of drug-likeness (QED) is 0.385. The van der Waals surface area contributed by atoms with Crippen molar-refractivity contribution in [1.82, 2.24) is 4.57 Å². The third-order valence-corrected chi connectivity index (χ3v) is 7.29. The fourth-order valence-electron chi connectivity index (χ4n) is 3.56. The Morgan fingerprint density at radius 3 is 2.59 bits per heavy atom. The Balaban J connectivity index is 1.70. The van der Waals surface area contributed by atoms with Gasteiger partial charge in [0.05, 0.1) is 28.1 Å². The smallest absolute Gasteiger partial charge is 0.252 e. The van der Waals surface area contributed by atoms with Gasteiger partial charge in [0.25, 0.3) is 5.91 Å². The number of sulfone groups is 1. The van der Waals surface area contributed by atoms with Crippen LogP contribution in [0.2, 0.25) is 0 Å². The fourth-order valence-corrected chi connectivity index (χ4v) is 5.39. The lowest BCUT2D eigenvalue weighted by atomic mass is 10.1. The van der Waals surface area contributed by atoms with Crippen LogP contribution in [0.1, 0.15) is 12.5 Å². The van der Waals surface area contributed by atoms with E-state index < -0.39 is 9.84 Å². The summed E-state index contributed by atoms with van der Waals surface area (Å²) < 4.78 is 32.1. The average molecular weight is 469 g/mol. The maximum absolute atomic E-state index is 12.8. The number of hydrogen-bond donors (Lipinski definition) is 0.